The number of benzene rings is 1. The Bertz CT molecular complexity index is 728. The first-order valence-electron chi connectivity index (χ1n) is 11.8. The highest BCUT2D eigenvalue weighted by molar-refractivity contribution is 5.83. The molecule has 0 radical (unpaired) electrons. The summed E-state index contributed by atoms with van der Waals surface area (Å²) in [6, 6.07) is 9.60. The first kappa shape index (κ1) is 17.5. The molecule has 3 heteroatoms. The predicted molar refractivity (Wildman–Crippen MR) is 111 cm³/mol. The lowest BCUT2D eigenvalue weighted by atomic mass is 9.49. The van der Waals surface area contributed by atoms with Gasteiger partial charge in [-0.1, -0.05) is 24.3 Å². The van der Waals surface area contributed by atoms with E-state index in [0.717, 1.165) is 37.4 Å². The molecule has 7 rings (SSSR count). The number of hydrogen-bond acceptors (Lipinski definition) is 2. The number of amides is 1. The molecule has 28 heavy (non-hydrogen) atoms. The molecule has 5 fully saturated rings. The molecule has 0 unspecified atom stereocenters. The SMILES string of the molecule is O=C(N1CCC(N2CCc3ccccc3C2)CC1)C12CC3CC(CC(C3)C1)C2. The normalized spacial score (nSPS) is 37.9. The fourth-order valence-electron chi connectivity index (χ4n) is 7.97. The van der Waals surface area contributed by atoms with Crippen molar-refractivity contribution in [1.82, 2.24) is 9.80 Å². The van der Waals surface area contributed by atoms with Gasteiger partial charge in [0.15, 0.2) is 0 Å². The van der Waals surface area contributed by atoms with Gasteiger partial charge in [0.05, 0.1) is 5.41 Å². The minimum atomic E-state index is 0.0473. The van der Waals surface area contributed by atoms with Crippen molar-refractivity contribution in [3.8, 4) is 0 Å². The molecule has 3 nitrogen and oxygen atoms in total. The van der Waals surface area contributed by atoms with Gasteiger partial charge in [0.1, 0.15) is 0 Å². The average molecular weight is 379 g/mol. The molecule has 0 aromatic heterocycles. The van der Waals surface area contributed by atoms with Gasteiger partial charge in [-0.2, -0.15) is 0 Å². The number of fused-ring (bicyclic) bond motifs is 1. The van der Waals surface area contributed by atoms with Crippen molar-refractivity contribution in [1.29, 1.82) is 0 Å². The van der Waals surface area contributed by atoms with Crippen molar-refractivity contribution in [3.63, 3.8) is 0 Å². The van der Waals surface area contributed by atoms with Crippen LogP contribution < -0.4 is 0 Å². The van der Waals surface area contributed by atoms with Crippen LogP contribution in [0.3, 0.4) is 0 Å². The molecule has 1 aromatic rings. The lowest BCUT2D eigenvalue weighted by Crippen LogP contribution is -2.57. The van der Waals surface area contributed by atoms with Gasteiger partial charge >= 0.3 is 0 Å². The largest absolute Gasteiger partial charge is 0.342 e. The summed E-state index contributed by atoms with van der Waals surface area (Å²) in [5, 5.41) is 0. The van der Waals surface area contributed by atoms with Gasteiger partial charge in [0.2, 0.25) is 5.91 Å². The van der Waals surface area contributed by atoms with E-state index < -0.39 is 0 Å². The molecule has 4 bridgehead atoms. The van der Waals surface area contributed by atoms with Crippen LogP contribution in [0.4, 0.5) is 0 Å². The van der Waals surface area contributed by atoms with Gasteiger partial charge in [0, 0.05) is 32.2 Å². The second-order valence-corrected chi connectivity index (χ2v) is 10.7. The number of rotatable bonds is 2. The third-order valence-electron chi connectivity index (χ3n) is 8.92. The Labute approximate surface area is 169 Å². The monoisotopic (exact) mass is 378 g/mol. The molecular weight excluding hydrogens is 344 g/mol. The molecule has 2 aliphatic heterocycles. The Kier molecular flexibility index (Phi) is 4.12. The van der Waals surface area contributed by atoms with E-state index in [9.17, 15) is 4.79 Å². The Morgan fingerprint density at radius 1 is 0.857 bits per heavy atom. The molecule has 2 heterocycles. The minimum Gasteiger partial charge on any atom is -0.342 e. The second kappa shape index (κ2) is 6.58. The third-order valence-corrected chi connectivity index (χ3v) is 8.92. The zero-order chi connectivity index (χ0) is 18.7. The van der Waals surface area contributed by atoms with E-state index in [4.69, 9.17) is 0 Å². The molecule has 1 aromatic carbocycles. The Morgan fingerprint density at radius 3 is 2.11 bits per heavy atom. The van der Waals surface area contributed by atoms with Gasteiger partial charge in [-0.05, 0) is 86.7 Å². The predicted octanol–water partition coefficient (Wildman–Crippen LogP) is 4.25. The molecule has 1 amide bonds. The Balaban J connectivity index is 1.10. The average Bonchev–Trinajstić information content (AvgIpc) is 2.72. The summed E-state index contributed by atoms with van der Waals surface area (Å²) in [5.41, 5.74) is 3.10. The number of nitrogens with zero attached hydrogens (tertiary/aromatic N) is 2. The molecule has 4 saturated carbocycles. The molecule has 6 aliphatic rings. The maximum absolute atomic E-state index is 13.6. The second-order valence-electron chi connectivity index (χ2n) is 10.7. The quantitative estimate of drug-likeness (QED) is 0.768. The molecule has 0 atom stereocenters. The van der Waals surface area contributed by atoms with Crippen LogP contribution in [0.15, 0.2) is 24.3 Å². The Morgan fingerprint density at radius 2 is 1.46 bits per heavy atom. The molecule has 150 valence electrons. The van der Waals surface area contributed by atoms with Crippen molar-refractivity contribution in [2.45, 2.75) is 70.4 Å². The van der Waals surface area contributed by atoms with Crippen LogP contribution in [0.1, 0.15) is 62.5 Å². The first-order valence-corrected chi connectivity index (χ1v) is 11.8. The highest BCUT2D eigenvalue weighted by Gasteiger charge is 2.55. The van der Waals surface area contributed by atoms with Crippen molar-refractivity contribution >= 4 is 5.91 Å². The number of piperidine rings is 1. The summed E-state index contributed by atoms with van der Waals surface area (Å²) in [6.07, 6.45) is 11.4. The summed E-state index contributed by atoms with van der Waals surface area (Å²) >= 11 is 0. The smallest absolute Gasteiger partial charge is 0.228 e. The summed E-state index contributed by atoms with van der Waals surface area (Å²) < 4.78 is 0. The maximum atomic E-state index is 13.6. The lowest BCUT2D eigenvalue weighted by Gasteiger charge is -2.57. The fourth-order valence-corrected chi connectivity index (χ4v) is 7.97. The van der Waals surface area contributed by atoms with E-state index >= 15 is 0 Å². The lowest BCUT2D eigenvalue weighted by molar-refractivity contribution is -0.159. The van der Waals surface area contributed by atoms with Crippen LogP contribution >= 0.6 is 0 Å². The van der Waals surface area contributed by atoms with Gasteiger partial charge in [0.25, 0.3) is 0 Å². The van der Waals surface area contributed by atoms with Crippen LogP contribution in [-0.4, -0.2) is 41.4 Å². The van der Waals surface area contributed by atoms with E-state index in [2.05, 4.69) is 34.1 Å². The minimum absolute atomic E-state index is 0.0473. The van der Waals surface area contributed by atoms with E-state index in [1.54, 1.807) is 0 Å². The van der Waals surface area contributed by atoms with E-state index in [1.807, 2.05) is 0 Å². The summed E-state index contributed by atoms with van der Waals surface area (Å²) in [6.45, 7) is 4.27. The topological polar surface area (TPSA) is 23.6 Å². The zero-order valence-corrected chi connectivity index (χ0v) is 17.1. The van der Waals surface area contributed by atoms with Crippen molar-refractivity contribution in [2.75, 3.05) is 19.6 Å². The van der Waals surface area contributed by atoms with Gasteiger partial charge in [-0.15, -0.1) is 0 Å². The summed E-state index contributed by atoms with van der Waals surface area (Å²) in [7, 11) is 0. The van der Waals surface area contributed by atoms with Crippen LogP contribution in [0.2, 0.25) is 0 Å². The molecule has 1 saturated heterocycles. The standard InChI is InChI=1S/C25H34N2O/c28-24(25-14-18-11-19(15-25)13-20(12-18)16-25)26-9-6-23(7-10-26)27-8-5-21-3-1-2-4-22(21)17-27/h1-4,18-20,23H,5-17H2. The Hall–Kier alpha value is -1.35. The zero-order valence-electron chi connectivity index (χ0n) is 17.1. The van der Waals surface area contributed by atoms with E-state index in [1.165, 1.54) is 75.5 Å². The fraction of sp³-hybridized carbons (Fsp3) is 0.720. The van der Waals surface area contributed by atoms with Gasteiger partial charge < -0.3 is 4.90 Å². The van der Waals surface area contributed by atoms with E-state index in [-0.39, 0.29) is 5.41 Å². The number of hydrogen-bond donors (Lipinski definition) is 0. The molecular formula is C25H34N2O. The number of carbonyl (C=O) groups excluding carboxylic acids is 1. The highest BCUT2D eigenvalue weighted by atomic mass is 16.2. The molecule has 0 N–H and O–H groups in total. The van der Waals surface area contributed by atoms with Crippen LogP contribution in [0.25, 0.3) is 0 Å². The van der Waals surface area contributed by atoms with Crippen LogP contribution in [-0.2, 0) is 17.8 Å². The number of carbonyl (C=O) groups is 1. The highest BCUT2D eigenvalue weighted by Crippen LogP contribution is 2.60. The third kappa shape index (κ3) is 2.84. The molecule has 4 aliphatic carbocycles. The van der Waals surface area contributed by atoms with Gasteiger partial charge in [-0.3, -0.25) is 9.69 Å². The van der Waals surface area contributed by atoms with Crippen LogP contribution in [0, 0.1) is 23.2 Å². The van der Waals surface area contributed by atoms with Crippen molar-refractivity contribution in [2.24, 2.45) is 23.2 Å². The molecule has 0 spiro atoms. The first-order chi connectivity index (χ1) is 13.7. The van der Waals surface area contributed by atoms with Crippen molar-refractivity contribution in [3.05, 3.63) is 35.4 Å². The van der Waals surface area contributed by atoms with Crippen LogP contribution in [0.5, 0.6) is 0 Å². The van der Waals surface area contributed by atoms with Gasteiger partial charge in [-0.25, -0.2) is 0 Å². The summed E-state index contributed by atoms with van der Waals surface area (Å²) in [5.74, 6) is 3.14. The van der Waals surface area contributed by atoms with Crippen molar-refractivity contribution < 1.29 is 4.79 Å². The number of likely N-dealkylation sites (tertiary alicyclic amines) is 1. The maximum Gasteiger partial charge on any atom is 0.228 e. The summed E-state index contributed by atoms with van der Waals surface area (Å²) in [4.78, 5) is 18.6. The van der Waals surface area contributed by atoms with E-state index in [0.29, 0.717) is 11.9 Å².